The van der Waals surface area contributed by atoms with Gasteiger partial charge in [-0.25, -0.2) is 9.59 Å². The van der Waals surface area contributed by atoms with E-state index >= 15 is 0 Å². The van der Waals surface area contributed by atoms with Gasteiger partial charge in [0, 0.05) is 18.5 Å². The van der Waals surface area contributed by atoms with E-state index in [1.54, 1.807) is 0 Å². The summed E-state index contributed by atoms with van der Waals surface area (Å²) in [5, 5.41) is 23.0. The van der Waals surface area contributed by atoms with Crippen LogP contribution in [0.5, 0.6) is 0 Å². The molecule has 0 aliphatic rings. The number of carbonyl (C=O) groups excluding carboxylic acids is 1. The van der Waals surface area contributed by atoms with Crippen LogP contribution in [0.1, 0.15) is 46.5 Å². The monoisotopic (exact) mass is 260 g/mol. The van der Waals surface area contributed by atoms with E-state index in [-0.39, 0.29) is 24.5 Å². The first kappa shape index (κ1) is 16.7. The van der Waals surface area contributed by atoms with Crippen LogP contribution in [-0.4, -0.2) is 40.4 Å². The summed E-state index contributed by atoms with van der Waals surface area (Å²) in [6, 6.07) is -0.321. The maximum atomic E-state index is 11.6. The van der Waals surface area contributed by atoms with Crippen LogP contribution in [0, 0.1) is 0 Å². The van der Waals surface area contributed by atoms with E-state index in [2.05, 4.69) is 10.6 Å². The first-order chi connectivity index (χ1) is 8.40. The molecular formula is C12H24N2O4. The van der Waals surface area contributed by atoms with Gasteiger partial charge in [-0.05, 0) is 19.3 Å². The fraction of sp³-hybridized carbons (Fsp3) is 0.833. The molecule has 6 heteroatoms. The second kappa shape index (κ2) is 7.92. The SMILES string of the molecule is CCC(CC)(CC)NC(=O)NCCC(O)C(=O)O. The highest BCUT2D eigenvalue weighted by atomic mass is 16.4. The van der Waals surface area contributed by atoms with Gasteiger partial charge in [0.2, 0.25) is 0 Å². The van der Waals surface area contributed by atoms with E-state index in [0.29, 0.717) is 0 Å². The molecule has 0 aromatic heterocycles. The van der Waals surface area contributed by atoms with Crippen LogP contribution >= 0.6 is 0 Å². The molecule has 0 spiro atoms. The van der Waals surface area contributed by atoms with Crippen molar-refractivity contribution in [3.05, 3.63) is 0 Å². The highest BCUT2D eigenvalue weighted by molar-refractivity contribution is 5.75. The zero-order chi connectivity index (χ0) is 14.2. The lowest BCUT2D eigenvalue weighted by Crippen LogP contribution is -2.51. The highest BCUT2D eigenvalue weighted by Crippen LogP contribution is 2.18. The lowest BCUT2D eigenvalue weighted by Gasteiger charge is -2.31. The van der Waals surface area contributed by atoms with Crippen molar-refractivity contribution < 1.29 is 19.8 Å². The van der Waals surface area contributed by atoms with E-state index in [4.69, 9.17) is 10.2 Å². The zero-order valence-corrected chi connectivity index (χ0v) is 11.3. The molecule has 0 saturated carbocycles. The van der Waals surface area contributed by atoms with Crippen molar-refractivity contribution in [2.45, 2.75) is 58.1 Å². The molecule has 6 nitrogen and oxygen atoms in total. The summed E-state index contributed by atoms with van der Waals surface area (Å²) in [6.07, 6.45) is 1.08. The summed E-state index contributed by atoms with van der Waals surface area (Å²) >= 11 is 0. The number of carboxylic acid groups (broad SMARTS) is 1. The molecule has 4 N–H and O–H groups in total. The number of urea groups is 1. The third kappa shape index (κ3) is 5.35. The minimum atomic E-state index is -1.43. The topological polar surface area (TPSA) is 98.7 Å². The Morgan fingerprint density at radius 2 is 1.67 bits per heavy atom. The molecule has 2 amide bonds. The lowest BCUT2D eigenvalue weighted by molar-refractivity contribution is -0.146. The Hall–Kier alpha value is -1.30. The van der Waals surface area contributed by atoms with Gasteiger partial charge in [-0.1, -0.05) is 20.8 Å². The number of aliphatic carboxylic acids is 1. The molecule has 1 unspecified atom stereocenters. The molecule has 0 saturated heterocycles. The van der Waals surface area contributed by atoms with Crippen molar-refractivity contribution in [3.8, 4) is 0 Å². The van der Waals surface area contributed by atoms with E-state index in [1.807, 2.05) is 20.8 Å². The number of nitrogens with one attached hydrogen (secondary N) is 2. The van der Waals surface area contributed by atoms with Gasteiger partial charge in [0.25, 0.3) is 0 Å². The van der Waals surface area contributed by atoms with Crippen molar-refractivity contribution in [3.63, 3.8) is 0 Å². The number of aliphatic hydroxyl groups is 1. The molecule has 0 aromatic rings. The molecule has 0 bridgehead atoms. The molecule has 1 atom stereocenters. The lowest BCUT2D eigenvalue weighted by atomic mass is 9.90. The van der Waals surface area contributed by atoms with E-state index in [1.165, 1.54) is 0 Å². The Morgan fingerprint density at radius 3 is 2.06 bits per heavy atom. The van der Waals surface area contributed by atoms with Crippen molar-refractivity contribution >= 4 is 12.0 Å². The second-order valence-corrected chi connectivity index (χ2v) is 4.36. The van der Waals surface area contributed by atoms with Crippen LogP contribution in [-0.2, 0) is 4.79 Å². The minimum absolute atomic E-state index is 0.000127. The molecule has 0 radical (unpaired) electrons. The number of hydrogen-bond donors (Lipinski definition) is 4. The van der Waals surface area contributed by atoms with Gasteiger partial charge < -0.3 is 20.8 Å². The molecule has 0 aromatic carbocycles. The molecule has 0 aliphatic carbocycles. The normalized spacial score (nSPS) is 12.9. The maximum absolute atomic E-state index is 11.6. The first-order valence-electron chi connectivity index (χ1n) is 6.37. The van der Waals surface area contributed by atoms with E-state index in [9.17, 15) is 9.59 Å². The molecule has 0 aliphatic heterocycles. The van der Waals surface area contributed by atoms with Gasteiger partial charge in [-0.15, -0.1) is 0 Å². The van der Waals surface area contributed by atoms with E-state index in [0.717, 1.165) is 19.3 Å². The van der Waals surface area contributed by atoms with Crippen LogP contribution in [0.3, 0.4) is 0 Å². The molecule has 0 fully saturated rings. The summed E-state index contributed by atoms with van der Waals surface area (Å²) in [7, 11) is 0. The summed E-state index contributed by atoms with van der Waals surface area (Å²) < 4.78 is 0. The fourth-order valence-corrected chi connectivity index (χ4v) is 1.75. The molecule has 0 rings (SSSR count). The summed E-state index contributed by atoms with van der Waals surface area (Å²) in [4.78, 5) is 22.0. The van der Waals surface area contributed by atoms with Crippen molar-refractivity contribution in [2.24, 2.45) is 0 Å². The quantitative estimate of drug-likeness (QED) is 0.525. The Balaban J connectivity index is 4.07. The number of rotatable bonds is 8. The number of hydrogen-bond acceptors (Lipinski definition) is 3. The Morgan fingerprint density at radius 1 is 1.17 bits per heavy atom. The summed E-state index contributed by atoms with van der Waals surface area (Å²) in [6.45, 7) is 6.18. The largest absolute Gasteiger partial charge is 0.479 e. The second-order valence-electron chi connectivity index (χ2n) is 4.36. The third-order valence-electron chi connectivity index (χ3n) is 3.40. The van der Waals surface area contributed by atoms with Gasteiger partial charge >= 0.3 is 12.0 Å². The van der Waals surface area contributed by atoms with Crippen LogP contribution in [0.4, 0.5) is 4.79 Å². The minimum Gasteiger partial charge on any atom is -0.479 e. The summed E-state index contributed by atoms with van der Waals surface area (Å²) in [5.74, 6) is -1.28. The van der Waals surface area contributed by atoms with Crippen LogP contribution in [0.15, 0.2) is 0 Å². The van der Waals surface area contributed by atoms with Gasteiger partial charge in [-0.2, -0.15) is 0 Å². The predicted molar refractivity (Wildman–Crippen MR) is 68.4 cm³/mol. The standard InChI is InChI=1S/C12H24N2O4/c1-4-12(5-2,6-3)14-11(18)13-8-7-9(15)10(16)17/h9,15H,4-8H2,1-3H3,(H,16,17)(H2,13,14,18). The number of aliphatic hydroxyl groups excluding tert-OH is 1. The van der Waals surface area contributed by atoms with Crippen molar-refractivity contribution in [1.29, 1.82) is 0 Å². The van der Waals surface area contributed by atoms with Crippen molar-refractivity contribution in [1.82, 2.24) is 10.6 Å². The maximum Gasteiger partial charge on any atom is 0.332 e. The average molecular weight is 260 g/mol. The molecule has 0 heterocycles. The fourth-order valence-electron chi connectivity index (χ4n) is 1.75. The van der Waals surface area contributed by atoms with Crippen LogP contribution in [0.25, 0.3) is 0 Å². The highest BCUT2D eigenvalue weighted by Gasteiger charge is 2.25. The molecule has 18 heavy (non-hydrogen) atoms. The zero-order valence-electron chi connectivity index (χ0n) is 11.3. The van der Waals surface area contributed by atoms with Crippen molar-refractivity contribution in [2.75, 3.05) is 6.54 Å². The third-order valence-corrected chi connectivity index (χ3v) is 3.40. The smallest absolute Gasteiger partial charge is 0.332 e. The van der Waals surface area contributed by atoms with Crippen LogP contribution in [0.2, 0.25) is 0 Å². The average Bonchev–Trinajstić information content (AvgIpc) is 2.35. The number of carbonyl (C=O) groups is 2. The number of carboxylic acids is 1. The Bertz CT molecular complexity index is 269. The predicted octanol–water partition coefficient (Wildman–Crippen LogP) is 1.09. The molecule has 106 valence electrons. The van der Waals surface area contributed by atoms with Gasteiger partial charge in [-0.3, -0.25) is 0 Å². The Kier molecular flexibility index (Phi) is 7.35. The number of amides is 2. The van der Waals surface area contributed by atoms with E-state index < -0.39 is 12.1 Å². The summed E-state index contributed by atoms with van der Waals surface area (Å²) in [5.41, 5.74) is -0.213. The Labute approximate surface area is 108 Å². The molecular weight excluding hydrogens is 236 g/mol. The van der Waals surface area contributed by atoms with Gasteiger partial charge in [0.05, 0.1) is 0 Å². The van der Waals surface area contributed by atoms with Gasteiger partial charge in [0.15, 0.2) is 6.10 Å². The first-order valence-corrected chi connectivity index (χ1v) is 6.37. The van der Waals surface area contributed by atoms with Crippen LogP contribution < -0.4 is 10.6 Å². The van der Waals surface area contributed by atoms with Gasteiger partial charge in [0.1, 0.15) is 0 Å².